The van der Waals surface area contributed by atoms with Crippen LogP contribution in [0.5, 0.6) is 0 Å². The van der Waals surface area contributed by atoms with Crippen molar-refractivity contribution in [2.45, 2.75) is 6.42 Å². The largest absolute Gasteiger partial charge is 0.397 e. The molecule has 0 aliphatic carbocycles. The molecular weight excluding hydrogens is 242 g/mol. The lowest BCUT2D eigenvalue weighted by Gasteiger charge is -2.32. The van der Waals surface area contributed by atoms with E-state index in [-0.39, 0.29) is 12.3 Å². The molecule has 1 fully saturated rings. The lowest BCUT2D eigenvalue weighted by Crippen LogP contribution is -2.47. The Hall–Kier alpha value is -1.95. The molecule has 6 nitrogen and oxygen atoms in total. The van der Waals surface area contributed by atoms with Crippen molar-refractivity contribution in [1.82, 2.24) is 9.80 Å². The first-order valence-electron chi connectivity index (χ1n) is 6.37. The quantitative estimate of drug-likeness (QED) is 0.639. The smallest absolute Gasteiger partial charge is 0.227 e. The summed E-state index contributed by atoms with van der Waals surface area (Å²) in [7, 11) is 2.06. The summed E-state index contributed by atoms with van der Waals surface area (Å²) in [5.74, 6) is 0.0870. The molecule has 1 amide bonds. The van der Waals surface area contributed by atoms with Gasteiger partial charge in [0.2, 0.25) is 5.91 Å². The van der Waals surface area contributed by atoms with Crippen molar-refractivity contribution in [2.24, 2.45) is 0 Å². The molecule has 1 aromatic rings. The monoisotopic (exact) mass is 263 g/mol. The molecule has 0 atom stereocenters. The van der Waals surface area contributed by atoms with Crippen LogP contribution in [0.25, 0.3) is 0 Å². The second kappa shape index (κ2) is 5.36. The number of carbonyl (C=O) groups excluding carboxylic acids is 1. The van der Waals surface area contributed by atoms with E-state index in [9.17, 15) is 4.79 Å². The van der Waals surface area contributed by atoms with Crippen molar-refractivity contribution in [3.63, 3.8) is 0 Å². The van der Waals surface area contributed by atoms with Crippen molar-refractivity contribution in [3.05, 3.63) is 17.7 Å². The first-order chi connectivity index (χ1) is 8.99. The van der Waals surface area contributed by atoms with E-state index in [0.29, 0.717) is 17.1 Å². The van der Waals surface area contributed by atoms with Gasteiger partial charge in [-0.1, -0.05) is 6.07 Å². The van der Waals surface area contributed by atoms with Crippen molar-refractivity contribution in [1.29, 1.82) is 0 Å². The summed E-state index contributed by atoms with van der Waals surface area (Å²) in [5, 5.41) is 0. The van der Waals surface area contributed by atoms with Gasteiger partial charge in [-0.2, -0.15) is 0 Å². The molecule has 1 heterocycles. The summed E-state index contributed by atoms with van der Waals surface area (Å²) < 4.78 is 0. The molecule has 2 rings (SSSR count). The Morgan fingerprint density at radius 2 is 1.74 bits per heavy atom. The van der Waals surface area contributed by atoms with Crippen LogP contribution in [0.4, 0.5) is 17.1 Å². The first kappa shape index (κ1) is 13.5. The maximum absolute atomic E-state index is 12.2. The minimum atomic E-state index is 0.0870. The number of hydrogen-bond donors (Lipinski definition) is 3. The van der Waals surface area contributed by atoms with E-state index >= 15 is 0 Å². The zero-order valence-electron chi connectivity index (χ0n) is 11.2. The molecule has 1 aromatic carbocycles. The van der Waals surface area contributed by atoms with Gasteiger partial charge < -0.3 is 27.0 Å². The van der Waals surface area contributed by atoms with E-state index in [0.717, 1.165) is 31.7 Å². The molecule has 19 heavy (non-hydrogen) atoms. The van der Waals surface area contributed by atoms with Crippen LogP contribution >= 0.6 is 0 Å². The second-order valence-electron chi connectivity index (χ2n) is 5.00. The van der Waals surface area contributed by atoms with Crippen molar-refractivity contribution in [2.75, 3.05) is 50.4 Å². The summed E-state index contributed by atoms with van der Waals surface area (Å²) in [6.07, 6.45) is 0.278. The van der Waals surface area contributed by atoms with Crippen LogP contribution in [0.1, 0.15) is 5.56 Å². The third-order valence-electron chi connectivity index (χ3n) is 3.61. The number of rotatable bonds is 2. The number of anilines is 3. The molecular formula is C13H21N5O. The Labute approximate surface area is 113 Å². The number of hydrogen-bond acceptors (Lipinski definition) is 5. The molecule has 6 heteroatoms. The fraction of sp³-hybridized carbons (Fsp3) is 0.462. The minimum absolute atomic E-state index is 0.0870. The van der Waals surface area contributed by atoms with Crippen molar-refractivity contribution < 1.29 is 4.79 Å². The summed E-state index contributed by atoms with van der Waals surface area (Å²) >= 11 is 0. The molecule has 0 bridgehead atoms. The number of nitrogen functional groups attached to an aromatic ring is 3. The lowest BCUT2D eigenvalue weighted by molar-refractivity contribution is -0.132. The molecule has 0 spiro atoms. The highest BCUT2D eigenvalue weighted by Crippen LogP contribution is 2.26. The van der Waals surface area contributed by atoms with Crippen LogP contribution < -0.4 is 17.2 Å². The van der Waals surface area contributed by atoms with E-state index in [2.05, 4.69) is 11.9 Å². The lowest BCUT2D eigenvalue weighted by atomic mass is 10.1. The SMILES string of the molecule is CN1CCN(C(=O)Cc2ccc(N)c(N)c2N)CC1. The van der Waals surface area contributed by atoms with Gasteiger partial charge in [0.1, 0.15) is 0 Å². The standard InChI is InChI=1S/C13H21N5O/c1-17-4-6-18(7-5-17)11(19)8-9-2-3-10(14)13(16)12(9)15/h2-3H,4-8,14-16H2,1H3. The Morgan fingerprint density at radius 1 is 1.11 bits per heavy atom. The molecule has 1 aliphatic heterocycles. The third-order valence-corrected chi connectivity index (χ3v) is 3.61. The fourth-order valence-corrected chi connectivity index (χ4v) is 2.18. The maximum Gasteiger partial charge on any atom is 0.227 e. The van der Waals surface area contributed by atoms with E-state index in [1.165, 1.54) is 0 Å². The Morgan fingerprint density at radius 3 is 2.37 bits per heavy atom. The average molecular weight is 263 g/mol. The maximum atomic E-state index is 12.2. The van der Waals surface area contributed by atoms with Gasteiger partial charge in [0.05, 0.1) is 23.5 Å². The van der Waals surface area contributed by atoms with Gasteiger partial charge in [0, 0.05) is 26.2 Å². The van der Waals surface area contributed by atoms with E-state index in [1.807, 2.05) is 4.90 Å². The summed E-state index contributed by atoms with van der Waals surface area (Å²) in [6, 6.07) is 3.47. The van der Waals surface area contributed by atoms with Gasteiger partial charge in [-0.05, 0) is 18.7 Å². The van der Waals surface area contributed by atoms with Gasteiger partial charge in [0.15, 0.2) is 0 Å². The van der Waals surface area contributed by atoms with Crippen LogP contribution in [0.2, 0.25) is 0 Å². The van der Waals surface area contributed by atoms with Crippen LogP contribution in [-0.4, -0.2) is 48.9 Å². The molecule has 1 aliphatic rings. The predicted octanol–water partition coefficient (Wildman–Crippen LogP) is -0.250. The second-order valence-corrected chi connectivity index (χ2v) is 5.00. The number of piperazine rings is 1. The van der Waals surface area contributed by atoms with Gasteiger partial charge in [-0.25, -0.2) is 0 Å². The number of amides is 1. The van der Waals surface area contributed by atoms with Crippen LogP contribution in [0, 0.1) is 0 Å². The van der Waals surface area contributed by atoms with Gasteiger partial charge in [-0.15, -0.1) is 0 Å². The van der Waals surface area contributed by atoms with E-state index in [4.69, 9.17) is 17.2 Å². The molecule has 0 aromatic heterocycles. The number of benzene rings is 1. The summed E-state index contributed by atoms with van der Waals surface area (Å²) in [6.45, 7) is 3.34. The topological polar surface area (TPSA) is 102 Å². The third kappa shape index (κ3) is 2.90. The predicted molar refractivity (Wildman–Crippen MR) is 77.5 cm³/mol. The number of nitrogens with two attached hydrogens (primary N) is 3. The molecule has 104 valence electrons. The molecule has 0 unspecified atom stereocenters. The van der Waals surface area contributed by atoms with E-state index in [1.54, 1.807) is 12.1 Å². The van der Waals surface area contributed by atoms with Crippen molar-refractivity contribution >= 4 is 23.0 Å². The van der Waals surface area contributed by atoms with Crippen molar-refractivity contribution in [3.8, 4) is 0 Å². The Kier molecular flexibility index (Phi) is 3.80. The van der Waals surface area contributed by atoms with Gasteiger partial charge in [0.25, 0.3) is 0 Å². The fourth-order valence-electron chi connectivity index (χ4n) is 2.18. The normalized spacial score (nSPS) is 16.6. The molecule has 1 saturated heterocycles. The highest BCUT2D eigenvalue weighted by Gasteiger charge is 2.20. The summed E-state index contributed by atoms with van der Waals surface area (Å²) in [4.78, 5) is 16.3. The van der Waals surface area contributed by atoms with Crippen LogP contribution in [0.3, 0.4) is 0 Å². The number of likely N-dealkylation sites (N-methyl/N-ethyl adjacent to an activating group) is 1. The average Bonchev–Trinajstić information content (AvgIpc) is 2.40. The highest BCUT2D eigenvalue weighted by atomic mass is 16.2. The Bertz CT molecular complexity index is 480. The molecule has 0 saturated carbocycles. The highest BCUT2D eigenvalue weighted by molar-refractivity contribution is 5.85. The van der Waals surface area contributed by atoms with Crippen LogP contribution in [-0.2, 0) is 11.2 Å². The summed E-state index contributed by atoms with van der Waals surface area (Å²) in [5.41, 5.74) is 19.3. The van der Waals surface area contributed by atoms with Crippen LogP contribution in [0.15, 0.2) is 12.1 Å². The number of nitrogens with zero attached hydrogens (tertiary/aromatic N) is 2. The first-order valence-corrected chi connectivity index (χ1v) is 6.37. The van der Waals surface area contributed by atoms with E-state index < -0.39 is 0 Å². The van der Waals surface area contributed by atoms with Gasteiger partial charge in [-0.3, -0.25) is 4.79 Å². The molecule has 0 radical (unpaired) electrons. The minimum Gasteiger partial charge on any atom is -0.397 e. The zero-order valence-corrected chi connectivity index (χ0v) is 11.2. The zero-order chi connectivity index (χ0) is 14.0. The Balaban J connectivity index is 2.05. The van der Waals surface area contributed by atoms with Gasteiger partial charge >= 0.3 is 0 Å². The molecule has 6 N–H and O–H groups in total. The number of carbonyl (C=O) groups is 1.